The van der Waals surface area contributed by atoms with Crippen molar-refractivity contribution in [2.45, 2.75) is 6.92 Å². The second-order valence-corrected chi connectivity index (χ2v) is 4.83. The van der Waals surface area contributed by atoms with Crippen LogP contribution in [-0.2, 0) is 0 Å². The lowest BCUT2D eigenvalue weighted by Gasteiger charge is -2.03. The summed E-state index contributed by atoms with van der Waals surface area (Å²) < 4.78 is 5.82. The Hall–Kier alpha value is -2.61. The van der Waals surface area contributed by atoms with E-state index in [9.17, 15) is 4.79 Å². The zero-order valence-electron chi connectivity index (χ0n) is 11.2. The molecular weight excluding hydrogens is 248 g/mol. The minimum absolute atomic E-state index is 0.00353. The maximum Gasteiger partial charge on any atom is 0.201 e. The first-order valence-corrected chi connectivity index (χ1v) is 6.45. The molecule has 3 aromatic rings. The molecule has 0 amide bonds. The van der Waals surface area contributed by atoms with Crippen LogP contribution in [0.4, 0.5) is 0 Å². The lowest BCUT2D eigenvalue weighted by atomic mass is 10.1. The van der Waals surface area contributed by atoms with Crippen molar-refractivity contribution in [1.29, 1.82) is 0 Å². The highest BCUT2D eigenvalue weighted by molar-refractivity contribution is 5.94. The van der Waals surface area contributed by atoms with Gasteiger partial charge >= 0.3 is 0 Å². The van der Waals surface area contributed by atoms with Gasteiger partial charge in [0.2, 0.25) is 5.43 Å². The molecule has 0 aliphatic carbocycles. The Morgan fingerprint density at radius 3 is 2.65 bits per heavy atom. The number of hydrogen-bond donors (Lipinski definition) is 0. The predicted molar refractivity (Wildman–Crippen MR) is 83.8 cm³/mol. The van der Waals surface area contributed by atoms with Gasteiger partial charge in [0.05, 0.1) is 10.8 Å². The van der Waals surface area contributed by atoms with Crippen molar-refractivity contribution in [3.05, 3.63) is 76.5 Å². The van der Waals surface area contributed by atoms with E-state index in [4.69, 9.17) is 4.42 Å². The van der Waals surface area contributed by atoms with Crippen LogP contribution in [0.5, 0.6) is 0 Å². The number of allylic oxidation sites excluding steroid dienone is 2. The van der Waals surface area contributed by atoms with Crippen molar-refractivity contribution < 1.29 is 4.42 Å². The quantitative estimate of drug-likeness (QED) is 0.501. The van der Waals surface area contributed by atoms with E-state index in [1.165, 1.54) is 0 Å². The second-order valence-electron chi connectivity index (χ2n) is 4.83. The van der Waals surface area contributed by atoms with Crippen LogP contribution in [0, 0.1) is 0 Å². The third kappa shape index (κ3) is 2.05. The largest absolute Gasteiger partial charge is 0.456 e. The van der Waals surface area contributed by atoms with Crippen molar-refractivity contribution in [2.75, 3.05) is 0 Å². The molecule has 0 spiro atoms. The third-order valence-corrected chi connectivity index (χ3v) is 3.18. The molecule has 0 unspecified atom stereocenters. The van der Waals surface area contributed by atoms with Crippen molar-refractivity contribution in [3.8, 4) is 0 Å². The summed E-state index contributed by atoms with van der Waals surface area (Å²) in [5, 5.41) is 1.22. The molecule has 0 saturated heterocycles. The van der Waals surface area contributed by atoms with Crippen LogP contribution in [0.1, 0.15) is 12.5 Å². The Morgan fingerprint density at radius 2 is 1.85 bits per heavy atom. The zero-order valence-corrected chi connectivity index (χ0v) is 11.2. The van der Waals surface area contributed by atoms with E-state index in [1.54, 1.807) is 6.07 Å². The van der Waals surface area contributed by atoms with Crippen LogP contribution < -0.4 is 5.43 Å². The molecule has 0 aliphatic rings. The maximum atomic E-state index is 12.6. The van der Waals surface area contributed by atoms with Crippen LogP contribution in [0.15, 0.2) is 69.9 Å². The molecule has 3 rings (SSSR count). The van der Waals surface area contributed by atoms with Gasteiger partial charge in [0.25, 0.3) is 0 Å². The lowest BCUT2D eigenvalue weighted by Crippen LogP contribution is -2.03. The van der Waals surface area contributed by atoms with Crippen LogP contribution in [0.3, 0.4) is 0 Å². The number of benzene rings is 2. The molecule has 98 valence electrons. The summed E-state index contributed by atoms with van der Waals surface area (Å²) in [4.78, 5) is 12.6. The van der Waals surface area contributed by atoms with Crippen LogP contribution in [0.2, 0.25) is 0 Å². The standard InChI is InChI=1S/C18H14O2/c1-12(2)10-11-13-6-5-9-16-17(13)18(19)14-7-3-4-8-15(14)20-16/h3-11H,1H2,2H3. The van der Waals surface area contributed by atoms with E-state index in [1.807, 2.05) is 55.5 Å². The smallest absolute Gasteiger partial charge is 0.201 e. The highest BCUT2D eigenvalue weighted by atomic mass is 16.3. The molecule has 0 atom stereocenters. The molecule has 0 aliphatic heterocycles. The highest BCUT2D eigenvalue weighted by Crippen LogP contribution is 2.22. The molecule has 1 heterocycles. The van der Waals surface area contributed by atoms with Crippen LogP contribution >= 0.6 is 0 Å². The second kappa shape index (κ2) is 4.82. The summed E-state index contributed by atoms with van der Waals surface area (Å²) >= 11 is 0. The fourth-order valence-corrected chi connectivity index (χ4v) is 2.24. The fourth-order valence-electron chi connectivity index (χ4n) is 2.24. The van der Waals surface area contributed by atoms with Gasteiger partial charge in [-0.1, -0.05) is 48.6 Å². The van der Waals surface area contributed by atoms with Gasteiger partial charge in [0.15, 0.2) is 0 Å². The summed E-state index contributed by atoms with van der Waals surface area (Å²) in [6.45, 7) is 5.75. The first-order chi connectivity index (χ1) is 9.66. The molecule has 0 N–H and O–H groups in total. The van der Waals surface area contributed by atoms with E-state index >= 15 is 0 Å². The Morgan fingerprint density at radius 1 is 1.10 bits per heavy atom. The molecule has 2 nitrogen and oxygen atoms in total. The molecule has 1 aromatic heterocycles. The monoisotopic (exact) mass is 262 g/mol. The summed E-state index contributed by atoms with van der Waals surface area (Å²) in [7, 11) is 0. The van der Waals surface area contributed by atoms with Gasteiger partial charge in [-0.25, -0.2) is 0 Å². The number of hydrogen-bond acceptors (Lipinski definition) is 2. The van der Waals surface area contributed by atoms with Gasteiger partial charge in [0, 0.05) is 0 Å². The van der Waals surface area contributed by atoms with E-state index < -0.39 is 0 Å². The van der Waals surface area contributed by atoms with Gasteiger partial charge in [0.1, 0.15) is 11.2 Å². The van der Waals surface area contributed by atoms with Crippen LogP contribution in [-0.4, -0.2) is 0 Å². The van der Waals surface area contributed by atoms with E-state index in [2.05, 4.69) is 6.58 Å². The fraction of sp³-hybridized carbons (Fsp3) is 0.0556. The molecule has 0 fully saturated rings. The molecule has 0 saturated carbocycles. The number of fused-ring (bicyclic) bond motifs is 2. The minimum Gasteiger partial charge on any atom is -0.456 e. The zero-order chi connectivity index (χ0) is 14.1. The number of para-hydroxylation sites is 1. The van der Waals surface area contributed by atoms with Crippen molar-refractivity contribution >= 4 is 28.0 Å². The first kappa shape index (κ1) is 12.4. The Balaban J connectivity index is 2.41. The Labute approximate surface area is 116 Å². The van der Waals surface area contributed by atoms with Crippen molar-refractivity contribution in [3.63, 3.8) is 0 Å². The minimum atomic E-state index is 0.00353. The summed E-state index contributed by atoms with van der Waals surface area (Å²) in [5.74, 6) is 0. The SMILES string of the molecule is C=C(C)C=Cc1cccc2oc3ccccc3c(=O)c12. The molecule has 2 heteroatoms. The molecular formula is C18H14O2. The Bertz CT molecular complexity index is 898. The number of rotatable bonds is 2. The van der Waals surface area contributed by atoms with E-state index in [-0.39, 0.29) is 5.43 Å². The molecule has 20 heavy (non-hydrogen) atoms. The molecule has 0 radical (unpaired) electrons. The van der Waals surface area contributed by atoms with Crippen molar-refractivity contribution in [2.24, 2.45) is 0 Å². The Kier molecular flexibility index (Phi) is 2.99. The predicted octanol–water partition coefficient (Wildman–Crippen LogP) is 4.54. The van der Waals surface area contributed by atoms with E-state index in [0.29, 0.717) is 21.9 Å². The van der Waals surface area contributed by atoms with Gasteiger partial charge in [-0.3, -0.25) is 4.79 Å². The molecule has 0 bridgehead atoms. The van der Waals surface area contributed by atoms with Gasteiger partial charge in [-0.15, -0.1) is 0 Å². The van der Waals surface area contributed by atoms with E-state index in [0.717, 1.165) is 11.1 Å². The summed E-state index contributed by atoms with van der Waals surface area (Å²) in [5.41, 5.74) is 3.02. The van der Waals surface area contributed by atoms with Crippen molar-refractivity contribution in [1.82, 2.24) is 0 Å². The van der Waals surface area contributed by atoms with Gasteiger partial charge < -0.3 is 4.42 Å². The lowest BCUT2D eigenvalue weighted by molar-refractivity contribution is 0.660. The average molecular weight is 262 g/mol. The van der Waals surface area contributed by atoms with Gasteiger partial charge in [-0.05, 0) is 30.7 Å². The normalized spacial score (nSPS) is 11.4. The summed E-state index contributed by atoms with van der Waals surface area (Å²) in [6.07, 6.45) is 3.79. The van der Waals surface area contributed by atoms with Gasteiger partial charge in [-0.2, -0.15) is 0 Å². The average Bonchev–Trinajstić information content (AvgIpc) is 2.45. The maximum absolute atomic E-state index is 12.6. The van der Waals surface area contributed by atoms with Crippen LogP contribution in [0.25, 0.3) is 28.0 Å². The topological polar surface area (TPSA) is 30.2 Å². The first-order valence-electron chi connectivity index (χ1n) is 6.45. The highest BCUT2D eigenvalue weighted by Gasteiger charge is 2.09. The molecule has 2 aromatic carbocycles. The summed E-state index contributed by atoms with van der Waals surface area (Å²) in [6, 6.07) is 12.9. The third-order valence-electron chi connectivity index (χ3n) is 3.18.